The van der Waals surface area contributed by atoms with Crippen molar-refractivity contribution in [2.24, 2.45) is 0 Å². The molecular formula is C18H19NO4S. The van der Waals surface area contributed by atoms with Crippen LogP contribution in [0.5, 0.6) is 11.5 Å². The van der Waals surface area contributed by atoms with Crippen LogP contribution >= 0.6 is 11.8 Å². The van der Waals surface area contributed by atoms with Gasteiger partial charge in [0.1, 0.15) is 24.1 Å². The lowest BCUT2D eigenvalue weighted by molar-refractivity contribution is -0.138. The van der Waals surface area contributed by atoms with E-state index in [0.717, 1.165) is 22.6 Å². The summed E-state index contributed by atoms with van der Waals surface area (Å²) in [6.07, 6.45) is 0. The molecule has 0 spiro atoms. The molecule has 0 aliphatic carbocycles. The standard InChI is InChI=1S/C18H19NO4S/c1-22-16-8-7-12(17-19-15(11-24-17)18(20)21)9-13(16)10-23-14-5-3-2-4-6-14/h2-9,15,17,19H,10-11H2,1H3,(H,20,21). The quantitative estimate of drug-likeness (QED) is 0.839. The van der Waals surface area contributed by atoms with E-state index in [4.69, 9.17) is 14.6 Å². The number of para-hydroxylation sites is 1. The van der Waals surface area contributed by atoms with Gasteiger partial charge in [-0.2, -0.15) is 0 Å². The van der Waals surface area contributed by atoms with Crippen LogP contribution in [-0.4, -0.2) is 30.0 Å². The predicted octanol–water partition coefficient (Wildman–Crippen LogP) is 3.06. The molecule has 0 saturated carbocycles. The normalized spacial score (nSPS) is 19.9. The Hall–Kier alpha value is -2.18. The van der Waals surface area contributed by atoms with Gasteiger partial charge < -0.3 is 14.6 Å². The molecule has 2 aromatic rings. The minimum atomic E-state index is -0.814. The molecular weight excluding hydrogens is 326 g/mol. The number of nitrogens with one attached hydrogen (secondary N) is 1. The number of ether oxygens (including phenoxy) is 2. The average molecular weight is 345 g/mol. The van der Waals surface area contributed by atoms with Crippen molar-refractivity contribution in [3.05, 3.63) is 59.7 Å². The fourth-order valence-electron chi connectivity index (χ4n) is 2.56. The van der Waals surface area contributed by atoms with Crippen LogP contribution < -0.4 is 14.8 Å². The number of carbonyl (C=O) groups is 1. The zero-order valence-corrected chi connectivity index (χ0v) is 14.1. The highest BCUT2D eigenvalue weighted by Crippen LogP contribution is 2.35. The third-order valence-electron chi connectivity index (χ3n) is 3.82. The van der Waals surface area contributed by atoms with Gasteiger partial charge in [-0.1, -0.05) is 24.3 Å². The Bertz CT molecular complexity index is 707. The third-order valence-corrected chi connectivity index (χ3v) is 5.09. The molecule has 0 aromatic heterocycles. The van der Waals surface area contributed by atoms with Crippen molar-refractivity contribution in [1.29, 1.82) is 0 Å². The Balaban J connectivity index is 1.74. The van der Waals surface area contributed by atoms with Crippen LogP contribution in [0.2, 0.25) is 0 Å². The molecule has 0 amide bonds. The van der Waals surface area contributed by atoms with E-state index in [1.54, 1.807) is 18.9 Å². The number of hydrogen-bond acceptors (Lipinski definition) is 5. The second-order valence-corrected chi connectivity index (χ2v) is 6.58. The summed E-state index contributed by atoms with van der Waals surface area (Å²) in [7, 11) is 1.63. The van der Waals surface area contributed by atoms with Crippen molar-refractivity contribution in [2.45, 2.75) is 18.0 Å². The highest BCUT2D eigenvalue weighted by Gasteiger charge is 2.30. The summed E-state index contributed by atoms with van der Waals surface area (Å²) in [5.74, 6) is 1.30. The van der Waals surface area contributed by atoms with Gasteiger partial charge in [0.25, 0.3) is 0 Å². The number of benzene rings is 2. The first-order chi connectivity index (χ1) is 11.7. The van der Waals surface area contributed by atoms with E-state index < -0.39 is 12.0 Å². The lowest BCUT2D eigenvalue weighted by atomic mass is 10.1. The number of methoxy groups -OCH3 is 1. The molecule has 2 atom stereocenters. The highest BCUT2D eigenvalue weighted by molar-refractivity contribution is 7.99. The highest BCUT2D eigenvalue weighted by atomic mass is 32.2. The molecule has 1 aliphatic heterocycles. The van der Waals surface area contributed by atoms with Gasteiger partial charge in [-0.05, 0) is 29.8 Å². The van der Waals surface area contributed by atoms with Crippen LogP contribution in [0.15, 0.2) is 48.5 Å². The van der Waals surface area contributed by atoms with Crippen molar-refractivity contribution in [2.75, 3.05) is 12.9 Å². The second-order valence-electron chi connectivity index (χ2n) is 5.44. The molecule has 2 unspecified atom stereocenters. The maximum atomic E-state index is 11.1. The summed E-state index contributed by atoms with van der Waals surface area (Å²) in [6.45, 7) is 0.390. The summed E-state index contributed by atoms with van der Waals surface area (Å²) >= 11 is 1.59. The molecule has 5 nitrogen and oxygen atoms in total. The van der Waals surface area contributed by atoms with Gasteiger partial charge in [-0.15, -0.1) is 11.8 Å². The number of rotatable bonds is 6. The van der Waals surface area contributed by atoms with Crippen molar-refractivity contribution >= 4 is 17.7 Å². The van der Waals surface area contributed by atoms with E-state index in [-0.39, 0.29) is 5.37 Å². The molecule has 0 bridgehead atoms. The number of carboxylic acids is 1. The Kier molecular flexibility index (Phi) is 5.27. The molecule has 6 heteroatoms. The number of thioether (sulfide) groups is 1. The summed E-state index contributed by atoms with van der Waals surface area (Å²) < 4.78 is 11.2. The summed E-state index contributed by atoms with van der Waals surface area (Å²) in [6, 6.07) is 15.0. The topological polar surface area (TPSA) is 67.8 Å². The molecule has 126 valence electrons. The Morgan fingerprint density at radius 1 is 1.29 bits per heavy atom. The number of hydrogen-bond donors (Lipinski definition) is 2. The van der Waals surface area contributed by atoms with Crippen LogP contribution in [-0.2, 0) is 11.4 Å². The van der Waals surface area contributed by atoms with Gasteiger partial charge in [0.15, 0.2) is 0 Å². The van der Waals surface area contributed by atoms with Gasteiger partial charge in [0, 0.05) is 11.3 Å². The van der Waals surface area contributed by atoms with Gasteiger partial charge in [-0.3, -0.25) is 10.1 Å². The molecule has 1 heterocycles. The summed E-state index contributed by atoms with van der Waals surface area (Å²) in [4.78, 5) is 11.1. The number of aliphatic carboxylic acids is 1. The molecule has 2 aromatic carbocycles. The minimum absolute atomic E-state index is 0.0347. The average Bonchev–Trinajstić information content (AvgIpc) is 3.11. The Morgan fingerprint density at radius 2 is 2.08 bits per heavy atom. The lowest BCUT2D eigenvalue weighted by Crippen LogP contribution is -2.33. The van der Waals surface area contributed by atoms with E-state index >= 15 is 0 Å². The summed E-state index contributed by atoms with van der Waals surface area (Å²) in [5.41, 5.74) is 1.95. The van der Waals surface area contributed by atoms with Gasteiger partial charge in [-0.25, -0.2) is 0 Å². The third kappa shape index (κ3) is 3.83. The Labute approximate surface area is 145 Å². The van der Waals surface area contributed by atoms with Crippen molar-refractivity contribution in [3.63, 3.8) is 0 Å². The zero-order valence-electron chi connectivity index (χ0n) is 13.3. The molecule has 0 radical (unpaired) electrons. The molecule has 2 N–H and O–H groups in total. The van der Waals surface area contributed by atoms with E-state index in [1.807, 2.05) is 48.5 Å². The fraction of sp³-hybridized carbons (Fsp3) is 0.278. The first-order valence-electron chi connectivity index (χ1n) is 7.62. The SMILES string of the molecule is COc1ccc(C2NC(C(=O)O)CS2)cc1COc1ccccc1. The van der Waals surface area contributed by atoms with Crippen molar-refractivity contribution < 1.29 is 19.4 Å². The molecule has 1 saturated heterocycles. The van der Waals surface area contributed by atoms with E-state index in [2.05, 4.69) is 5.32 Å². The molecule has 1 fully saturated rings. The second kappa shape index (κ2) is 7.59. The van der Waals surface area contributed by atoms with Crippen LogP contribution in [0.1, 0.15) is 16.5 Å². The van der Waals surface area contributed by atoms with Crippen LogP contribution in [0.4, 0.5) is 0 Å². The Morgan fingerprint density at radius 3 is 2.75 bits per heavy atom. The maximum Gasteiger partial charge on any atom is 0.321 e. The van der Waals surface area contributed by atoms with Crippen molar-refractivity contribution in [3.8, 4) is 11.5 Å². The first kappa shape index (κ1) is 16.7. The summed E-state index contributed by atoms with van der Waals surface area (Å²) in [5, 5.41) is 12.2. The van der Waals surface area contributed by atoms with Gasteiger partial charge in [0.2, 0.25) is 0 Å². The van der Waals surface area contributed by atoms with Crippen molar-refractivity contribution in [1.82, 2.24) is 5.32 Å². The van der Waals surface area contributed by atoms with Crippen LogP contribution in [0, 0.1) is 0 Å². The number of carboxylic acid groups (broad SMARTS) is 1. The van der Waals surface area contributed by atoms with E-state index in [9.17, 15) is 4.79 Å². The zero-order chi connectivity index (χ0) is 16.9. The smallest absolute Gasteiger partial charge is 0.321 e. The monoisotopic (exact) mass is 345 g/mol. The fourth-order valence-corrected chi connectivity index (χ4v) is 3.78. The van der Waals surface area contributed by atoms with E-state index in [0.29, 0.717) is 12.4 Å². The largest absolute Gasteiger partial charge is 0.496 e. The van der Waals surface area contributed by atoms with Gasteiger partial charge in [0.05, 0.1) is 12.5 Å². The maximum absolute atomic E-state index is 11.1. The predicted molar refractivity (Wildman–Crippen MR) is 93.5 cm³/mol. The van der Waals surface area contributed by atoms with Gasteiger partial charge >= 0.3 is 5.97 Å². The minimum Gasteiger partial charge on any atom is -0.496 e. The lowest BCUT2D eigenvalue weighted by Gasteiger charge is -2.16. The molecule has 3 rings (SSSR count). The van der Waals surface area contributed by atoms with E-state index in [1.165, 1.54) is 0 Å². The van der Waals surface area contributed by atoms with Crippen LogP contribution in [0.3, 0.4) is 0 Å². The molecule has 1 aliphatic rings. The first-order valence-corrected chi connectivity index (χ1v) is 8.67. The van der Waals surface area contributed by atoms with Crippen LogP contribution in [0.25, 0.3) is 0 Å². The molecule has 24 heavy (non-hydrogen) atoms.